The highest BCUT2D eigenvalue weighted by Crippen LogP contribution is 2.24. The number of likely N-dealkylation sites (N-methyl/N-ethyl adjacent to an activating group) is 1. The molecule has 3 rings (SSSR count). The van der Waals surface area contributed by atoms with Crippen LogP contribution in [0.25, 0.3) is 0 Å². The number of nitrogens with zero attached hydrogens (tertiary/aromatic N) is 1. The van der Waals surface area contributed by atoms with Crippen LogP contribution in [0.2, 0.25) is 0 Å². The van der Waals surface area contributed by atoms with E-state index in [9.17, 15) is 4.79 Å². The van der Waals surface area contributed by atoms with Gasteiger partial charge in [0.25, 0.3) is 0 Å². The van der Waals surface area contributed by atoms with Crippen molar-refractivity contribution >= 4 is 11.6 Å². The SMILES string of the molecule is CN(CC(=O)Nc1ccc(Oc2ccccc2)cc1)C1CCC1. The van der Waals surface area contributed by atoms with Crippen LogP contribution >= 0.6 is 0 Å². The van der Waals surface area contributed by atoms with Gasteiger partial charge in [0.15, 0.2) is 0 Å². The second-order valence-corrected chi connectivity index (χ2v) is 5.99. The molecule has 0 aliphatic heterocycles. The maximum Gasteiger partial charge on any atom is 0.238 e. The Labute approximate surface area is 137 Å². The minimum Gasteiger partial charge on any atom is -0.457 e. The largest absolute Gasteiger partial charge is 0.457 e. The molecule has 1 aliphatic rings. The second kappa shape index (κ2) is 7.29. The molecular weight excluding hydrogens is 288 g/mol. The summed E-state index contributed by atoms with van der Waals surface area (Å²) in [6.07, 6.45) is 3.68. The molecule has 4 nitrogen and oxygen atoms in total. The number of ether oxygens (including phenoxy) is 1. The van der Waals surface area contributed by atoms with Crippen LogP contribution in [0, 0.1) is 0 Å². The van der Waals surface area contributed by atoms with Crippen molar-refractivity contribution in [1.29, 1.82) is 0 Å². The Morgan fingerprint density at radius 2 is 1.74 bits per heavy atom. The van der Waals surface area contributed by atoms with Gasteiger partial charge >= 0.3 is 0 Å². The van der Waals surface area contributed by atoms with E-state index in [-0.39, 0.29) is 5.91 Å². The fourth-order valence-corrected chi connectivity index (χ4v) is 2.61. The van der Waals surface area contributed by atoms with Crippen LogP contribution in [0.5, 0.6) is 11.5 Å². The average Bonchev–Trinajstić information content (AvgIpc) is 2.48. The van der Waals surface area contributed by atoms with Gasteiger partial charge in [0.1, 0.15) is 11.5 Å². The highest BCUT2D eigenvalue weighted by molar-refractivity contribution is 5.92. The normalized spacial score (nSPS) is 14.3. The molecule has 1 N–H and O–H groups in total. The summed E-state index contributed by atoms with van der Waals surface area (Å²) < 4.78 is 5.74. The lowest BCUT2D eigenvalue weighted by atomic mass is 9.92. The summed E-state index contributed by atoms with van der Waals surface area (Å²) in [4.78, 5) is 14.2. The number of hydrogen-bond acceptors (Lipinski definition) is 3. The first-order valence-corrected chi connectivity index (χ1v) is 8.04. The Hall–Kier alpha value is -2.33. The Morgan fingerprint density at radius 1 is 1.09 bits per heavy atom. The zero-order valence-corrected chi connectivity index (χ0v) is 13.4. The van der Waals surface area contributed by atoms with Crippen molar-refractivity contribution in [3.8, 4) is 11.5 Å². The van der Waals surface area contributed by atoms with E-state index < -0.39 is 0 Å². The van der Waals surface area contributed by atoms with Crippen molar-refractivity contribution in [2.45, 2.75) is 25.3 Å². The predicted molar refractivity (Wildman–Crippen MR) is 91.9 cm³/mol. The van der Waals surface area contributed by atoms with Gasteiger partial charge < -0.3 is 10.1 Å². The number of para-hydroxylation sites is 1. The molecule has 0 bridgehead atoms. The number of carbonyl (C=O) groups is 1. The van der Waals surface area contributed by atoms with Crippen LogP contribution in [0.1, 0.15) is 19.3 Å². The van der Waals surface area contributed by atoms with E-state index in [1.165, 1.54) is 19.3 Å². The molecule has 0 unspecified atom stereocenters. The molecule has 2 aromatic carbocycles. The molecule has 0 heterocycles. The van der Waals surface area contributed by atoms with Gasteiger partial charge in [0.05, 0.1) is 6.54 Å². The molecule has 4 heteroatoms. The summed E-state index contributed by atoms with van der Waals surface area (Å²) in [5.41, 5.74) is 0.789. The lowest BCUT2D eigenvalue weighted by Crippen LogP contribution is -2.41. The van der Waals surface area contributed by atoms with Crippen LogP contribution in [0.4, 0.5) is 5.69 Å². The summed E-state index contributed by atoms with van der Waals surface area (Å²) in [6.45, 7) is 0.437. The lowest BCUT2D eigenvalue weighted by molar-refractivity contribution is -0.117. The number of nitrogens with one attached hydrogen (secondary N) is 1. The molecule has 23 heavy (non-hydrogen) atoms. The maximum atomic E-state index is 12.1. The third-order valence-electron chi connectivity index (χ3n) is 4.21. The van der Waals surface area contributed by atoms with Crippen molar-refractivity contribution in [3.63, 3.8) is 0 Å². The Balaban J connectivity index is 1.51. The van der Waals surface area contributed by atoms with E-state index >= 15 is 0 Å². The van der Waals surface area contributed by atoms with Gasteiger partial charge in [0.2, 0.25) is 5.91 Å². The van der Waals surface area contributed by atoms with E-state index in [1.807, 2.05) is 61.6 Å². The van der Waals surface area contributed by atoms with Gasteiger partial charge in [-0.3, -0.25) is 9.69 Å². The van der Waals surface area contributed by atoms with Crippen molar-refractivity contribution in [2.24, 2.45) is 0 Å². The van der Waals surface area contributed by atoms with Crippen molar-refractivity contribution < 1.29 is 9.53 Å². The lowest BCUT2D eigenvalue weighted by Gasteiger charge is -2.34. The van der Waals surface area contributed by atoms with Crippen LogP contribution < -0.4 is 10.1 Å². The molecule has 0 aromatic heterocycles. The van der Waals surface area contributed by atoms with Crippen molar-refractivity contribution in [2.75, 3.05) is 18.9 Å². The molecule has 0 radical (unpaired) electrons. The number of amides is 1. The first kappa shape index (κ1) is 15.6. The monoisotopic (exact) mass is 310 g/mol. The number of hydrogen-bond donors (Lipinski definition) is 1. The summed E-state index contributed by atoms with van der Waals surface area (Å²) in [5.74, 6) is 1.57. The van der Waals surface area contributed by atoms with Crippen LogP contribution in [0.15, 0.2) is 54.6 Å². The number of benzene rings is 2. The zero-order valence-electron chi connectivity index (χ0n) is 13.4. The fourth-order valence-electron chi connectivity index (χ4n) is 2.61. The Bertz CT molecular complexity index is 636. The average molecular weight is 310 g/mol. The molecular formula is C19H22N2O2. The van der Waals surface area contributed by atoms with E-state index in [1.54, 1.807) is 0 Å². The molecule has 120 valence electrons. The highest BCUT2D eigenvalue weighted by Gasteiger charge is 2.23. The van der Waals surface area contributed by atoms with E-state index in [0.717, 1.165) is 17.2 Å². The smallest absolute Gasteiger partial charge is 0.238 e. The molecule has 2 aromatic rings. The molecule has 1 saturated carbocycles. The molecule has 1 amide bonds. The second-order valence-electron chi connectivity index (χ2n) is 5.99. The minimum atomic E-state index is 0.0242. The maximum absolute atomic E-state index is 12.1. The van der Waals surface area contributed by atoms with Gasteiger partial charge in [0, 0.05) is 11.7 Å². The van der Waals surface area contributed by atoms with Crippen LogP contribution in [-0.4, -0.2) is 30.4 Å². The minimum absolute atomic E-state index is 0.0242. The van der Waals surface area contributed by atoms with E-state index in [0.29, 0.717) is 12.6 Å². The summed E-state index contributed by atoms with van der Waals surface area (Å²) in [7, 11) is 2.01. The third-order valence-corrected chi connectivity index (χ3v) is 4.21. The fraction of sp³-hybridized carbons (Fsp3) is 0.316. The quantitative estimate of drug-likeness (QED) is 0.880. The summed E-state index contributed by atoms with van der Waals surface area (Å²) >= 11 is 0. The van der Waals surface area contributed by atoms with E-state index in [4.69, 9.17) is 4.74 Å². The molecule has 0 spiro atoms. The Kier molecular flexibility index (Phi) is 4.93. The third kappa shape index (κ3) is 4.33. The van der Waals surface area contributed by atoms with E-state index in [2.05, 4.69) is 10.2 Å². The van der Waals surface area contributed by atoms with Crippen molar-refractivity contribution in [3.05, 3.63) is 54.6 Å². The van der Waals surface area contributed by atoms with Gasteiger partial charge in [-0.05, 0) is 56.3 Å². The zero-order chi connectivity index (χ0) is 16.1. The molecule has 1 fully saturated rings. The number of carbonyl (C=O) groups excluding carboxylic acids is 1. The summed E-state index contributed by atoms with van der Waals surface area (Å²) in [6, 6.07) is 17.6. The Morgan fingerprint density at radius 3 is 2.35 bits per heavy atom. The van der Waals surface area contributed by atoms with Gasteiger partial charge in [-0.1, -0.05) is 24.6 Å². The standard InChI is InChI=1S/C19H22N2O2/c1-21(16-6-5-7-16)14-19(22)20-15-10-12-18(13-11-15)23-17-8-3-2-4-9-17/h2-4,8-13,16H,5-7,14H2,1H3,(H,20,22). The predicted octanol–water partition coefficient (Wildman–Crippen LogP) is 3.90. The van der Waals surface area contributed by atoms with Gasteiger partial charge in [-0.2, -0.15) is 0 Å². The molecule has 1 aliphatic carbocycles. The van der Waals surface area contributed by atoms with Crippen LogP contribution in [-0.2, 0) is 4.79 Å². The molecule has 0 saturated heterocycles. The number of anilines is 1. The topological polar surface area (TPSA) is 41.6 Å². The molecule has 0 atom stereocenters. The number of rotatable bonds is 6. The van der Waals surface area contributed by atoms with Gasteiger partial charge in [-0.15, -0.1) is 0 Å². The first-order chi connectivity index (χ1) is 11.2. The van der Waals surface area contributed by atoms with Crippen LogP contribution in [0.3, 0.4) is 0 Å². The first-order valence-electron chi connectivity index (χ1n) is 8.04. The van der Waals surface area contributed by atoms with Crippen molar-refractivity contribution in [1.82, 2.24) is 4.90 Å². The highest BCUT2D eigenvalue weighted by atomic mass is 16.5. The summed E-state index contributed by atoms with van der Waals surface area (Å²) in [5, 5.41) is 2.93. The van der Waals surface area contributed by atoms with Gasteiger partial charge in [-0.25, -0.2) is 0 Å².